The number of hydrogen-bond acceptors (Lipinski definition) is 4. The molecule has 2 atom stereocenters. The minimum absolute atomic E-state index is 0.172. The topological polar surface area (TPSA) is 103 Å². The highest BCUT2D eigenvalue weighted by Gasteiger charge is 2.35. The van der Waals surface area contributed by atoms with Gasteiger partial charge < -0.3 is 20.3 Å². The molecule has 0 radical (unpaired) electrons. The Hall–Kier alpha value is -2.48. The largest absolute Gasteiger partial charge is 0.480 e. The van der Waals surface area contributed by atoms with Crippen molar-refractivity contribution in [2.24, 2.45) is 0 Å². The molecule has 0 bridgehead atoms. The quantitative estimate of drug-likeness (QED) is 0.743. The number of benzene rings is 1. The van der Waals surface area contributed by atoms with Crippen LogP contribution in [0.1, 0.15) is 12.5 Å². The number of amides is 2. The fraction of sp³-hybridized carbons (Fsp3) is 0.353. The summed E-state index contributed by atoms with van der Waals surface area (Å²) in [4.78, 5) is 40.3. The van der Waals surface area contributed by atoms with E-state index in [-0.39, 0.29) is 12.3 Å². The van der Waals surface area contributed by atoms with Crippen molar-refractivity contribution in [2.75, 3.05) is 11.6 Å². The van der Waals surface area contributed by atoms with Gasteiger partial charge in [0.05, 0.1) is 5.88 Å². The summed E-state index contributed by atoms with van der Waals surface area (Å²) in [5.74, 6) is -0.780. The number of nitrogens with one attached hydrogen (secondary N) is 2. The molecule has 0 aliphatic carbocycles. The number of carboxylic acids is 1. The van der Waals surface area contributed by atoms with Crippen LogP contribution in [0.2, 0.25) is 0 Å². The Morgan fingerprint density at radius 2 is 2.16 bits per heavy atom. The fourth-order valence-corrected chi connectivity index (χ4v) is 4.18. The molecule has 3 rings (SSSR count). The van der Waals surface area contributed by atoms with Crippen LogP contribution in [-0.2, 0) is 20.8 Å². The van der Waals surface area contributed by atoms with E-state index in [0.29, 0.717) is 11.6 Å². The maximum atomic E-state index is 12.5. The van der Waals surface area contributed by atoms with Gasteiger partial charge in [-0.15, -0.1) is 11.8 Å². The standard InChI is InChI=1S/C17H19N3O4S/c1-10(21)20-9-25-8-15(20)16(22)19-14(17(23)24)6-11-7-18-13-5-3-2-4-12(11)13/h2-5,7,14-15,18H,6,8-9H2,1H3,(H,19,22)(H,23,24). The first-order valence-corrected chi connectivity index (χ1v) is 9.06. The van der Waals surface area contributed by atoms with E-state index >= 15 is 0 Å². The van der Waals surface area contributed by atoms with Crippen LogP contribution in [0, 0.1) is 0 Å². The van der Waals surface area contributed by atoms with E-state index in [1.165, 1.54) is 23.6 Å². The van der Waals surface area contributed by atoms with Gasteiger partial charge in [0.2, 0.25) is 11.8 Å². The van der Waals surface area contributed by atoms with E-state index in [0.717, 1.165) is 16.5 Å². The van der Waals surface area contributed by atoms with Gasteiger partial charge in [-0.25, -0.2) is 4.79 Å². The van der Waals surface area contributed by atoms with Gasteiger partial charge in [-0.05, 0) is 11.6 Å². The minimum Gasteiger partial charge on any atom is -0.480 e. The molecule has 2 aromatic rings. The molecular formula is C17H19N3O4S. The summed E-state index contributed by atoms with van der Waals surface area (Å²) in [6.07, 6.45) is 1.94. The van der Waals surface area contributed by atoms with E-state index in [1.54, 1.807) is 6.20 Å². The zero-order valence-corrected chi connectivity index (χ0v) is 14.5. The maximum Gasteiger partial charge on any atom is 0.326 e. The molecule has 0 saturated carbocycles. The molecule has 1 aliphatic rings. The van der Waals surface area contributed by atoms with Gasteiger partial charge in [-0.3, -0.25) is 9.59 Å². The second-order valence-corrected chi connectivity index (χ2v) is 6.97. The van der Waals surface area contributed by atoms with Gasteiger partial charge in [0.1, 0.15) is 12.1 Å². The molecule has 1 aliphatic heterocycles. The lowest BCUT2D eigenvalue weighted by Crippen LogP contribution is -2.52. The molecule has 2 unspecified atom stereocenters. The van der Waals surface area contributed by atoms with Gasteiger partial charge in [0.15, 0.2) is 0 Å². The van der Waals surface area contributed by atoms with Crippen LogP contribution >= 0.6 is 11.8 Å². The molecule has 1 aromatic carbocycles. The van der Waals surface area contributed by atoms with Crippen molar-refractivity contribution in [3.8, 4) is 0 Å². The van der Waals surface area contributed by atoms with Crippen LogP contribution in [0.15, 0.2) is 30.5 Å². The number of carboxylic acid groups (broad SMARTS) is 1. The Morgan fingerprint density at radius 1 is 1.40 bits per heavy atom. The number of aromatic amines is 1. The average molecular weight is 361 g/mol. The number of aromatic nitrogens is 1. The Bertz CT molecular complexity index is 819. The molecular weight excluding hydrogens is 342 g/mol. The Kier molecular flexibility index (Phi) is 4.98. The predicted octanol–water partition coefficient (Wildman–Crippen LogP) is 1.20. The average Bonchev–Trinajstić information content (AvgIpc) is 3.21. The SMILES string of the molecule is CC(=O)N1CSCC1C(=O)NC(Cc1c[nH]c2ccccc12)C(=O)O. The first-order valence-electron chi connectivity index (χ1n) is 7.90. The number of nitrogens with zero attached hydrogens (tertiary/aromatic N) is 1. The van der Waals surface area contributed by atoms with E-state index in [9.17, 15) is 19.5 Å². The Labute approximate surface area is 148 Å². The van der Waals surface area contributed by atoms with Crippen LogP contribution in [0.25, 0.3) is 10.9 Å². The van der Waals surface area contributed by atoms with Gasteiger partial charge in [-0.1, -0.05) is 18.2 Å². The second kappa shape index (κ2) is 7.18. The third-order valence-electron chi connectivity index (χ3n) is 4.30. The Balaban J connectivity index is 1.74. The molecule has 3 N–H and O–H groups in total. The zero-order chi connectivity index (χ0) is 18.0. The number of aliphatic carboxylic acids is 1. The summed E-state index contributed by atoms with van der Waals surface area (Å²) in [5, 5.41) is 13.0. The van der Waals surface area contributed by atoms with Crippen molar-refractivity contribution in [2.45, 2.75) is 25.4 Å². The van der Waals surface area contributed by atoms with Gasteiger partial charge in [-0.2, -0.15) is 0 Å². The smallest absolute Gasteiger partial charge is 0.326 e. The number of para-hydroxylation sites is 1. The van der Waals surface area contributed by atoms with E-state index in [1.807, 2.05) is 24.3 Å². The summed E-state index contributed by atoms with van der Waals surface area (Å²) < 4.78 is 0. The number of hydrogen-bond donors (Lipinski definition) is 3. The molecule has 1 aromatic heterocycles. The van der Waals surface area contributed by atoms with Crippen LogP contribution in [0.5, 0.6) is 0 Å². The molecule has 7 nitrogen and oxygen atoms in total. The van der Waals surface area contributed by atoms with Crippen molar-refractivity contribution in [1.29, 1.82) is 0 Å². The van der Waals surface area contributed by atoms with Gasteiger partial charge in [0, 0.05) is 36.2 Å². The number of fused-ring (bicyclic) bond motifs is 1. The van der Waals surface area contributed by atoms with Crippen molar-refractivity contribution in [3.63, 3.8) is 0 Å². The first kappa shape index (κ1) is 17.3. The lowest BCUT2D eigenvalue weighted by atomic mass is 10.0. The molecule has 2 amide bonds. The molecule has 132 valence electrons. The zero-order valence-electron chi connectivity index (χ0n) is 13.7. The van der Waals surface area contributed by atoms with Crippen LogP contribution in [0.3, 0.4) is 0 Å². The first-order chi connectivity index (χ1) is 12.0. The highest BCUT2D eigenvalue weighted by Crippen LogP contribution is 2.22. The van der Waals surface area contributed by atoms with Crippen LogP contribution < -0.4 is 5.32 Å². The molecule has 0 spiro atoms. The molecule has 25 heavy (non-hydrogen) atoms. The lowest BCUT2D eigenvalue weighted by Gasteiger charge is -2.23. The number of thioether (sulfide) groups is 1. The van der Waals surface area contributed by atoms with E-state index < -0.39 is 24.0 Å². The maximum absolute atomic E-state index is 12.5. The van der Waals surface area contributed by atoms with Crippen molar-refractivity contribution in [3.05, 3.63) is 36.0 Å². The van der Waals surface area contributed by atoms with E-state index in [4.69, 9.17) is 0 Å². The number of rotatable bonds is 5. The third kappa shape index (κ3) is 3.63. The van der Waals surface area contributed by atoms with Gasteiger partial charge >= 0.3 is 5.97 Å². The monoisotopic (exact) mass is 361 g/mol. The van der Waals surface area contributed by atoms with Crippen molar-refractivity contribution in [1.82, 2.24) is 15.2 Å². The highest BCUT2D eigenvalue weighted by molar-refractivity contribution is 7.99. The second-order valence-electron chi connectivity index (χ2n) is 5.97. The molecule has 8 heteroatoms. The Morgan fingerprint density at radius 3 is 2.88 bits per heavy atom. The normalized spacial score (nSPS) is 18.3. The number of H-pyrrole nitrogens is 1. The summed E-state index contributed by atoms with van der Waals surface area (Å²) in [7, 11) is 0. The third-order valence-corrected chi connectivity index (χ3v) is 5.32. The summed E-state index contributed by atoms with van der Waals surface area (Å²) in [6.45, 7) is 1.41. The lowest BCUT2D eigenvalue weighted by molar-refractivity contribution is -0.143. The number of carbonyl (C=O) groups is 3. The van der Waals surface area contributed by atoms with Crippen LogP contribution in [-0.4, -0.2) is 56.5 Å². The van der Waals surface area contributed by atoms with Crippen molar-refractivity contribution >= 4 is 40.4 Å². The number of carbonyl (C=O) groups excluding carboxylic acids is 2. The molecule has 2 heterocycles. The van der Waals surface area contributed by atoms with Crippen LogP contribution in [0.4, 0.5) is 0 Å². The predicted molar refractivity (Wildman–Crippen MR) is 95.2 cm³/mol. The van der Waals surface area contributed by atoms with Crippen molar-refractivity contribution < 1.29 is 19.5 Å². The summed E-state index contributed by atoms with van der Waals surface area (Å²) in [5.41, 5.74) is 1.75. The highest BCUT2D eigenvalue weighted by atomic mass is 32.2. The minimum atomic E-state index is -1.10. The van der Waals surface area contributed by atoms with E-state index in [2.05, 4.69) is 10.3 Å². The molecule has 1 fully saturated rings. The van der Waals surface area contributed by atoms with Gasteiger partial charge in [0.25, 0.3) is 0 Å². The fourth-order valence-electron chi connectivity index (χ4n) is 2.96. The molecule has 1 saturated heterocycles. The summed E-state index contributed by atoms with van der Waals surface area (Å²) >= 11 is 1.48. The summed E-state index contributed by atoms with van der Waals surface area (Å²) in [6, 6.07) is 5.93.